The van der Waals surface area contributed by atoms with Gasteiger partial charge in [-0.2, -0.15) is 5.10 Å². The van der Waals surface area contributed by atoms with Gasteiger partial charge in [-0.3, -0.25) is 9.52 Å². The minimum absolute atomic E-state index is 0.0598. The SMILES string of the molecule is C/C(=N/NC(=O)COc1cc(C)ccc1C(C)C)c1ccc(NS(=O)(=O)c2ccc(C(C)(C)C)cc2)cc1. The number of hydrogen-bond donors (Lipinski definition) is 2. The molecule has 0 aliphatic rings. The van der Waals surface area contributed by atoms with Gasteiger partial charge in [0.15, 0.2) is 6.61 Å². The van der Waals surface area contributed by atoms with E-state index in [1.807, 2.05) is 37.3 Å². The van der Waals surface area contributed by atoms with Crippen LogP contribution in [0.15, 0.2) is 76.7 Å². The summed E-state index contributed by atoms with van der Waals surface area (Å²) < 4.78 is 34.0. The van der Waals surface area contributed by atoms with E-state index in [0.29, 0.717) is 17.1 Å². The van der Waals surface area contributed by atoms with Crippen LogP contribution in [0.4, 0.5) is 5.69 Å². The number of ether oxygens (including phenoxy) is 1. The first kappa shape index (κ1) is 28.9. The number of nitrogens with one attached hydrogen (secondary N) is 2. The molecule has 8 heteroatoms. The largest absolute Gasteiger partial charge is 0.483 e. The van der Waals surface area contributed by atoms with Crippen LogP contribution in [-0.4, -0.2) is 26.6 Å². The highest BCUT2D eigenvalue weighted by atomic mass is 32.2. The molecule has 202 valence electrons. The zero-order valence-corrected chi connectivity index (χ0v) is 23.9. The summed E-state index contributed by atoms with van der Waals surface area (Å²) in [6.07, 6.45) is 0. The highest BCUT2D eigenvalue weighted by molar-refractivity contribution is 7.92. The molecule has 0 unspecified atom stereocenters. The molecule has 0 radical (unpaired) electrons. The van der Waals surface area contributed by atoms with Gasteiger partial charge < -0.3 is 4.74 Å². The van der Waals surface area contributed by atoms with E-state index in [0.717, 1.165) is 22.3 Å². The fraction of sp³-hybridized carbons (Fsp3) is 0.333. The minimum Gasteiger partial charge on any atom is -0.483 e. The molecular weight excluding hydrogens is 498 g/mol. The highest BCUT2D eigenvalue weighted by Gasteiger charge is 2.18. The monoisotopic (exact) mass is 535 g/mol. The first-order valence-electron chi connectivity index (χ1n) is 12.6. The summed E-state index contributed by atoms with van der Waals surface area (Å²) in [5.74, 6) is 0.594. The van der Waals surface area contributed by atoms with Crippen molar-refractivity contribution in [2.24, 2.45) is 5.10 Å². The molecular formula is C30H37N3O4S. The number of sulfonamides is 1. The Morgan fingerprint density at radius 1 is 0.974 bits per heavy atom. The third-order valence-corrected chi connectivity index (χ3v) is 7.48. The maximum absolute atomic E-state index is 12.8. The van der Waals surface area contributed by atoms with Crippen molar-refractivity contribution in [3.8, 4) is 5.75 Å². The smallest absolute Gasteiger partial charge is 0.277 e. The molecule has 3 rings (SSSR count). The van der Waals surface area contributed by atoms with Crippen LogP contribution in [-0.2, 0) is 20.2 Å². The Hall–Kier alpha value is -3.65. The second-order valence-electron chi connectivity index (χ2n) is 10.7. The maximum atomic E-state index is 12.8. The van der Waals surface area contributed by atoms with Gasteiger partial charge in [-0.1, -0.05) is 71.0 Å². The normalized spacial score (nSPS) is 12.4. The standard InChI is InChI=1S/C30H37N3O4S/c1-20(2)27-17-8-21(3)18-28(27)37-19-29(34)32-31-22(4)23-9-13-25(14-10-23)33-38(35,36)26-15-11-24(12-16-26)30(5,6)7/h8-18,20,33H,19H2,1-7H3,(H,32,34)/b31-22-. The summed E-state index contributed by atoms with van der Waals surface area (Å²) in [4.78, 5) is 12.5. The molecule has 1 amide bonds. The van der Waals surface area contributed by atoms with E-state index in [9.17, 15) is 13.2 Å². The van der Waals surface area contributed by atoms with Crippen LogP contribution in [0.25, 0.3) is 0 Å². The number of anilines is 1. The molecule has 0 aliphatic carbocycles. The first-order chi connectivity index (χ1) is 17.8. The molecule has 0 atom stereocenters. The van der Waals surface area contributed by atoms with E-state index in [2.05, 4.69) is 49.9 Å². The summed E-state index contributed by atoms with van der Waals surface area (Å²) in [6.45, 7) is 14.0. The lowest BCUT2D eigenvalue weighted by molar-refractivity contribution is -0.123. The molecule has 2 N–H and O–H groups in total. The van der Waals surface area contributed by atoms with Crippen molar-refractivity contribution >= 4 is 27.3 Å². The van der Waals surface area contributed by atoms with Gasteiger partial charge in [0.1, 0.15) is 5.75 Å². The Kier molecular flexibility index (Phi) is 8.99. The third-order valence-electron chi connectivity index (χ3n) is 6.08. The summed E-state index contributed by atoms with van der Waals surface area (Å²) in [6, 6.07) is 19.7. The third kappa shape index (κ3) is 7.68. The lowest BCUT2D eigenvalue weighted by Gasteiger charge is -2.19. The van der Waals surface area contributed by atoms with Gasteiger partial charge in [0.05, 0.1) is 10.6 Å². The number of nitrogens with zero attached hydrogens (tertiary/aromatic N) is 1. The number of rotatable bonds is 9. The Labute approximate surface area is 226 Å². The van der Waals surface area contributed by atoms with Crippen molar-refractivity contribution in [2.75, 3.05) is 11.3 Å². The van der Waals surface area contributed by atoms with Crippen molar-refractivity contribution in [2.45, 2.75) is 64.7 Å². The minimum atomic E-state index is -3.72. The van der Waals surface area contributed by atoms with Crippen LogP contribution < -0.4 is 14.9 Å². The highest BCUT2D eigenvalue weighted by Crippen LogP contribution is 2.27. The van der Waals surface area contributed by atoms with Crippen molar-refractivity contribution in [1.29, 1.82) is 0 Å². The van der Waals surface area contributed by atoms with E-state index in [1.54, 1.807) is 43.3 Å². The van der Waals surface area contributed by atoms with Crippen molar-refractivity contribution in [3.63, 3.8) is 0 Å². The summed E-state index contributed by atoms with van der Waals surface area (Å²) in [5, 5.41) is 4.16. The maximum Gasteiger partial charge on any atom is 0.277 e. The van der Waals surface area contributed by atoms with E-state index in [4.69, 9.17) is 4.74 Å². The fourth-order valence-electron chi connectivity index (χ4n) is 3.76. The fourth-order valence-corrected chi connectivity index (χ4v) is 4.82. The van der Waals surface area contributed by atoms with Gasteiger partial charge >= 0.3 is 0 Å². The summed E-state index contributed by atoms with van der Waals surface area (Å²) in [5.41, 5.74) is 7.36. The Bertz CT molecular complexity index is 1400. The second-order valence-corrected chi connectivity index (χ2v) is 12.4. The van der Waals surface area contributed by atoms with E-state index in [1.165, 1.54) is 0 Å². The molecule has 0 heterocycles. The molecule has 0 saturated heterocycles. The van der Waals surface area contributed by atoms with Gasteiger partial charge in [0, 0.05) is 5.69 Å². The van der Waals surface area contributed by atoms with Gasteiger partial charge in [-0.25, -0.2) is 13.8 Å². The molecule has 7 nitrogen and oxygen atoms in total. The molecule has 0 aromatic heterocycles. The molecule has 38 heavy (non-hydrogen) atoms. The summed E-state index contributed by atoms with van der Waals surface area (Å²) >= 11 is 0. The number of hydrogen-bond acceptors (Lipinski definition) is 5. The van der Waals surface area contributed by atoms with Crippen LogP contribution in [0.3, 0.4) is 0 Å². The molecule has 0 aliphatic heterocycles. The quantitative estimate of drug-likeness (QED) is 0.254. The number of amides is 1. The number of hydrazone groups is 1. The molecule has 0 bridgehead atoms. The number of aryl methyl sites for hydroxylation is 1. The molecule has 0 saturated carbocycles. The number of carbonyl (C=O) groups is 1. The van der Waals surface area contributed by atoms with Gasteiger partial charge in [0.25, 0.3) is 15.9 Å². The topological polar surface area (TPSA) is 96.9 Å². The molecule has 0 spiro atoms. The van der Waals surface area contributed by atoms with Crippen molar-refractivity contribution in [3.05, 3.63) is 89.0 Å². The van der Waals surface area contributed by atoms with Crippen LogP contribution in [0, 0.1) is 6.92 Å². The van der Waals surface area contributed by atoms with Crippen molar-refractivity contribution in [1.82, 2.24) is 5.43 Å². The van der Waals surface area contributed by atoms with Gasteiger partial charge in [-0.05, 0) is 77.8 Å². The number of benzene rings is 3. The summed E-state index contributed by atoms with van der Waals surface area (Å²) in [7, 11) is -3.72. The average molecular weight is 536 g/mol. The predicted octanol–water partition coefficient (Wildman–Crippen LogP) is 6.14. The Morgan fingerprint density at radius 3 is 2.18 bits per heavy atom. The molecule has 3 aromatic rings. The molecule has 3 aromatic carbocycles. The number of carbonyl (C=O) groups excluding carboxylic acids is 1. The average Bonchev–Trinajstić information content (AvgIpc) is 2.85. The lowest BCUT2D eigenvalue weighted by Crippen LogP contribution is -2.26. The van der Waals surface area contributed by atoms with E-state index in [-0.39, 0.29) is 28.7 Å². The zero-order valence-electron chi connectivity index (χ0n) is 23.1. The van der Waals surface area contributed by atoms with Gasteiger partial charge in [-0.15, -0.1) is 0 Å². The van der Waals surface area contributed by atoms with Crippen molar-refractivity contribution < 1.29 is 17.9 Å². The Balaban J connectivity index is 1.59. The second kappa shape index (κ2) is 11.8. The van der Waals surface area contributed by atoms with Crippen LogP contribution in [0.5, 0.6) is 5.75 Å². The van der Waals surface area contributed by atoms with E-state index < -0.39 is 10.0 Å². The van der Waals surface area contributed by atoms with Crippen LogP contribution >= 0.6 is 0 Å². The molecule has 0 fully saturated rings. The van der Waals surface area contributed by atoms with Crippen LogP contribution in [0.2, 0.25) is 0 Å². The lowest BCUT2D eigenvalue weighted by atomic mass is 9.87. The van der Waals surface area contributed by atoms with Crippen LogP contribution in [0.1, 0.15) is 69.7 Å². The van der Waals surface area contributed by atoms with Gasteiger partial charge in [0.2, 0.25) is 0 Å². The van der Waals surface area contributed by atoms with E-state index >= 15 is 0 Å². The zero-order chi connectivity index (χ0) is 28.1. The predicted molar refractivity (Wildman–Crippen MR) is 154 cm³/mol. The Morgan fingerprint density at radius 2 is 1.61 bits per heavy atom. The first-order valence-corrected chi connectivity index (χ1v) is 14.0.